The van der Waals surface area contributed by atoms with Gasteiger partial charge in [-0.3, -0.25) is 0 Å². The Kier molecular flexibility index (Phi) is 4.37. The molecule has 70 valence electrons. The van der Waals surface area contributed by atoms with E-state index in [1.165, 1.54) is 32.1 Å². The van der Waals surface area contributed by atoms with Gasteiger partial charge in [-0.2, -0.15) is 0 Å². The molecule has 0 heterocycles. The van der Waals surface area contributed by atoms with Crippen LogP contribution in [0.5, 0.6) is 0 Å². The zero-order chi connectivity index (χ0) is 8.81. The molecule has 1 fully saturated rings. The topological polar surface area (TPSA) is 12.0 Å². The second-order valence-electron chi connectivity index (χ2n) is 3.80. The van der Waals surface area contributed by atoms with Crippen molar-refractivity contribution in [3.05, 3.63) is 12.7 Å². The Balaban J connectivity index is 2.12. The summed E-state index contributed by atoms with van der Waals surface area (Å²) in [7, 11) is 0. The fourth-order valence-corrected chi connectivity index (χ4v) is 2.16. The van der Waals surface area contributed by atoms with Gasteiger partial charge in [0.2, 0.25) is 0 Å². The number of hydrogen-bond donors (Lipinski definition) is 1. The summed E-state index contributed by atoms with van der Waals surface area (Å²) >= 11 is 0. The predicted molar refractivity (Wildman–Crippen MR) is 54.2 cm³/mol. The first-order valence-electron chi connectivity index (χ1n) is 5.21. The molecule has 12 heavy (non-hydrogen) atoms. The maximum absolute atomic E-state index is 3.76. The largest absolute Gasteiger partial charge is 0.314 e. The van der Waals surface area contributed by atoms with Crippen molar-refractivity contribution < 1.29 is 0 Å². The van der Waals surface area contributed by atoms with E-state index in [9.17, 15) is 0 Å². The molecule has 0 bridgehead atoms. The Morgan fingerprint density at radius 2 is 2.33 bits per heavy atom. The van der Waals surface area contributed by atoms with Crippen molar-refractivity contribution in [3.8, 4) is 0 Å². The SMILES string of the molecule is C=CCCC1CCC(NCC)C1. The number of hydrogen-bond acceptors (Lipinski definition) is 1. The highest BCUT2D eigenvalue weighted by Gasteiger charge is 2.22. The molecule has 0 aliphatic heterocycles. The smallest absolute Gasteiger partial charge is 0.00696 e. The molecule has 0 saturated heterocycles. The molecule has 1 nitrogen and oxygen atoms in total. The van der Waals surface area contributed by atoms with Gasteiger partial charge in [0.05, 0.1) is 0 Å². The fourth-order valence-electron chi connectivity index (χ4n) is 2.16. The van der Waals surface area contributed by atoms with Gasteiger partial charge < -0.3 is 5.32 Å². The van der Waals surface area contributed by atoms with Crippen molar-refractivity contribution in [2.24, 2.45) is 5.92 Å². The number of rotatable bonds is 5. The Bertz CT molecular complexity index is 131. The summed E-state index contributed by atoms with van der Waals surface area (Å²) in [6.45, 7) is 7.08. The van der Waals surface area contributed by atoms with Crippen molar-refractivity contribution >= 4 is 0 Å². The highest BCUT2D eigenvalue weighted by Crippen LogP contribution is 2.29. The van der Waals surface area contributed by atoms with Crippen LogP contribution in [0.25, 0.3) is 0 Å². The maximum atomic E-state index is 3.76. The third-order valence-corrected chi connectivity index (χ3v) is 2.81. The molecule has 2 unspecified atom stereocenters. The van der Waals surface area contributed by atoms with Crippen LogP contribution in [0.15, 0.2) is 12.7 Å². The van der Waals surface area contributed by atoms with E-state index < -0.39 is 0 Å². The molecule has 0 spiro atoms. The molecule has 1 N–H and O–H groups in total. The van der Waals surface area contributed by atoms with Crippen LogP contribution >= 0.6 is 0 Å². The lowest BCUT2D eigenvalue weighted by Crippen LogP contribution is -2.25. The van der Waals surface area contributed by atoms with Crippen LogP contribution in [0.4, 0.5) is 0 Å². The van der Waals surface area contributed by atoms with Gasteiger partial charge in [-0.1, -0.05) is 13.0 Å². The number of allylic oxidation sites excluding steroid dienone is 1. The average Bonchev–Trinajstić information content (AvgIpc) is 2.50. The first kappa shape index (κ1) is 9.79. The molecule has 0 amide bonds. The van der Waals surface area contributed by atoms with Crippen LogP contribution in [-0.2, 0) is 0 Å². The van der Waals surface area contributed by atoms with Gasteiger partial charge >= 0.3 is 0 Å². The summed E-state index contributed by atoms with van der Waals surface area (Å²) in [4.78, 5) is 0. The zero-order valence-corrected chi connectivity index (χ0v) is 8.18. The lowest BCUT2D eigenvalue weighted by Gasteiger charge is -2.10. The molecule has 0 aromatic heterocycles. The minimum absolute atomic E-state index is 0.810. The van der Waals surface area contributed by atoms with E-state index in [1.807, 2.05) is 6.08 Å². The van der Waals surface area contributed by atoms with Gasteiger partial charge in [-0.25, -0.2) is 0 Å². The Hall–Kier alpha value is -0.300. The standard InChI is InChI=1S/C11H21N/c1-3-5-6-10-7-8-11(9-10)12-4-2/h3,10-12H,1,4-9H2,2H3. The van der Waals surface area contributed by atoms with E-state index in [1.54, 1.807) is 0 Å². The summed E-state index contributed by atoms with van der Waals surface area (Å²) in [6.07, 6.45) is 8.79. The zero-order valence-electron chi connectivity index (χ0n) is 8.18. The van der Waals surface area contributed by atoms with E-state index in [0.29, 0.717) is 0 Å². The fraction of sp³-hybridized carbons (Fsp3) is 0.818. The Morgan fingerprint density at radius 3 is 3.00 bits per heavy atom. The molecule has 1 rings (SSSR count). The summed E-state index contributed by atoms with van der Waals surface area (Å²) in [5.74, 6) is 0.965. The summed E-state index contributed by atoms with van der Waals surface area (Å²) in [5.41, 5.74) is 0. The van der Waals surface area contributed by atoms with Gasteiger partial charge in [0.25, 0.3) is 0 Å². The Labute approximate surface area is 76.2 Å². The molecule has 1 heteroatoms. The molecule has 2 atom stereocenters. The normalized spacial score (nSPS) is 29.1. The molecular formula is C11H21N. The highest BCUT2D eigenvalue weighted by atomic mass is 14.9. The van der Waals surface area contributed by atoms with Crippen molar-refractivity contribution in [1.82, 2.24) is 5.32 Å². The second-order valence-corrected chi connectivity index (χ2v) is 3.80. The Morgan fingerprint density at radius 1 is 1.50 bits per heavy atom. The molecule has 1 aliphatic carbocycles. The maximum Gasteiger partial charge on any atom is 0.00696 e. The minimum Gasteiger partial charge on any atom is -0.314 e. The van der Waals surface area contributed by atoms with E-state index >= 15 is 0 Å². The molecule has 0 aromatic rings. The highest BCUT2D eigenvalue weighted by molar-refractivity contribution is 4.81. The summed E-state index contributed by atoms with van der Waals surface area (Å²) in [5, 5.41) is 3.53. The second kappa shape index (κ2) is 5.36. The van der Waals surface area contributed by atoms with E-state index in [4.69, 9.17) is 0 Å². The minimum atomic E-state index is 0.810. The predicted octanol–water partition coefficient (Wildman–Crippen LogP) is 2.73. The summed E-state index contributed by atoms with van der Waals surface area (Å²) < 4.78 is 0. The molecular weight excluding hydrogens is 146 g/mol. The van der Waals surface area contributed by atoms with Crippen LogP contribution in [0, 0.1) is 5.92 Å². The lowest BCUT2D eigenvalue weighted by molar-refractivity contribution is 0.473. The third kappa shape index (κ3) is 2.98. The van der Waals surface area contributed by atoms with Crippen molar-refractivity contribution in [2.45, 2.75) is 45.1 Å². The van der Waals surface area contributed by atoms with Gasteiger partial charge in [-0.15, -0.1) is 6.58 Å². The van der Waals surface area contributed by atoms with Gasteiger partial charge in [0.1, 0.15) is 0 Å². The lowest BCUT2D eigenvalue weighted by atomic mass is 10.0. The van der Waals surface area contributed by atoms with E-state index in [2.05, 4.69) is 18.8 Å². The first-order chi connectivity index (χ1) is 5.86. The quantitative estimate of drug-likeness (QED) is 0.621. The third-order valence-electron chi connectivity index (χ3n) is 2.81. The van der Waals surface area contributed by atoms with Gasteiger partial charge in [-0.05, 0) is 44.6 Å². The van der Waals surface area contributed by atoms with Gasteiger partial charge in [0.15, 0.2) is 0 Å². The van der Waals surface area contributed by atoms with Crippen LogP contribution in [0.1, 0.15) is 39.0 Å². The summed E-state index contributed by atoms with van der Waals surface area (Å²) in [6, 6.07) is 0.810. The monoisotopic (exact) mass is 167 g/mol. The van der Waals surface area contributed by atoms with Crippen LogP contribution in [-0.4, -0.2) is 12.6 Å². The van der Waals surface area contributed by atoms with Crippen molar-refractivity contribution in [1.29, 1.82) is 0 Å². The van der Waals surface area contributed by atoms with E-state index in [0.717, 1.165) is 18.5 Å². The molecule has 0 radical (unpaired) electrons. The van der Waals surface area contributed by atoms with Gasteiger partial charge in [0, 0.05) is 6.04 Å². The van der Waals surface area contributed by atoms with E-state index in [-0.39, 0.29) is 0 Å². The first-order valence-corrected chi connectivity index (χ1v) is 5.21. The van der Waals surface area contributed by atoms with Crippen molar-refractivity contribution in [2.75, 3.05) is 6.54 Å². The van der Waals surface area contributed by atoms with Crippen LogP contribution in [0.3, 0.4) is 0 Å². The molecule has 1 saturated carbocycles. The average molecular weight is 167 g/mol. The van der Waals surface area contributed by atoms with Crippen molar-refractivity contribution in [3.63, 3.8) is 0 Å². The number of nitrogens with one attached hydrogen (secondary N) is 1. The van der Waals surface area contributed by atoms with Crippen LogP contribution < -0.4 is 5.32 Å². The van der Waals surface area contributed by atoms with Crippen LogP contribution in [0.2, 0.25) is 0 Å². The molecule has 0 aromatic carbocycles. The molecule has 1 aliphatic rings.